The molecule has 0 saturated heterocycles. The van der Waals surface area contributed by atoms with Crippen LogP contribution in [0.5, 0.6) is 17.2 Å². The van der Waals surface area contributed by atoms with Gasteiger partial charge in [0, 0.05) is 11.5 Å². The predicted octanol–water partition coefficient (Wildman–Crippen LogP) is 3.64. The van der Waals surface area contributed by atoms with Gasteiger partial charge >= 0.3 is 0 Å². The van der Waals surface area contributed by atoms with Crippen molar-refractivity contribution in [3.8, 4) is 17.2 Å². The van der Waals surface area contributed by atoms with Crippen molar-refractivity contribution < 1.29 is 14.9 Å². The second-order valence-corrected chi connectivity index (χ2v) is 5.40. The second-order valence-electron chi connectivity index (χ2n) is 5.04. The number of thiol groups is 1. The van der Waals surface area contributed by atoms with Gasteiger partial charge in [-0.2, -0.15) is 12.6 Å². The predicted molar refractivity (Wildman–Crippen MR) is 80.8 cm³/mol. The molecule has 1 aliphatic heterocycles. The minimum atomic E-state index is -0.0511. The summed E-state index contributed by atoms with van der Waals surface area (Å²) >= 11 is 4.41. The van der Waals surface area contributed by atoms with E-state index >= 15 is 0 Å². The van der Waals surface area contributed by atoms with Crippen molar-refractivity contribution >= 4 is 12.6 Å². The summed E-state index contributed by atoms with van der Waals surface area (Å²) in [5, 5.41) is 19.0. The van der Waals surface area contributed by atoms with Crippen LogP contribution in [0.15, 0.2) is 42.5 Å². The molecule has 0 unspecified atom stereocenters. The summed E-state index contributed by atoms with van der Waals surface area (Å²) < 4.78 is 6.02. The minimum Gasteiger partial charge on any atom is -0.508 e. The number of aromatic hydroxyl groups is 2. The van der Waals surface area contributed by atoms with Gasteiger partial charge in [0.25, 0.3) is 0 Å². The van der Waals surface area contributed by atoms with Gasteiger partial charge in [-0.3, -0.25) is 0 Å². The summed E-state index contributed by atoms with van der Waals surface area (Å²) in [5.41, 5.74) is 2.04. The Labute approximate surface area is 123 Å². The summed E-state index contributed by atoms with van der Waals surface area (Å²) in [5.74, 6) is 2.25. The number of rotatable bonds is 2. The molecular formula is C16H16O3S. The first-order valence-corrected chi connectivity index (χ1v) is 7.20. The van der Waals surface area contributed by atoms with Crippen molar-refractivity contribution in [2.45, 2.75) is 18.4 Å². The highest BCUT2D eigenvalue weighted by atomic mass is 32.1. The van der Waals surface area contributed by atoms with Crippen LogP contribution in [0.1, 0.15) is 29.6 Å². The largest absolute Gasteiger partial charge is 0.508 e. The Hall–Kier alpha value is -1.81. The molecule has 3 rings (SSSR count). The summed E-state index contributed by atoms with van der Waals surface area (Å²) in [4.78, 5) is 0. The highest BCUT2D eigenvalue weighted by molar-refractivity contribution is 7.80. The molecule has 0 bridgehead atoms. The molecule has 2 aromatic carbocycles. The summed E-state index contributed by atoms with van der Waals surface area (Å²) in [6.45, 7) is 0. The molecule has 0 aliphatic carbocycles. The monoisotopic (exact) mass is 288 g/mol. The topological polar surface area (TPSA) is 49.7 Å². The van der Waals surface area contributed by atoms with Crippen LogP contribution >= 0.6 is 12.6 Å². The Morgan fingerprint density at radius 2 is 1.75 bits per heavy atom. The number of phenolic OH excluding ortho intramolecular Hbond substituents is 2. The van der Waals surface area contributed by atoms with Crippen LogP contribution in [0.2, 0.25) is 0 Å². The lowest BCUT2D eigenvalue weighted by molar-refractivity contribution is 0.164. The first-order chi connectivity index (χ1) is 9.67. The Bertz CT molecular complexity index is 610. The molecule has 0 fully saturated rings. The van der Waals surface area contributed by atoms with Gasteiger partial charge in [-0.15, -0.1) is 0 Å². The van der Waals surface area contributed by atoms with Gasteiger partial charge in [-0.25, -0.2) is 0 Å². The molecule has 4 heteroatoms. The van der Waals surface area contributed by atoms with E-state index in [4.69, 9.17) is 4.74 Å². The van der Waals surface area contributed by atoms with Crippen LogP contribution in [-0.2, 0) is 0 Å². The highest BCUT2D eigenvalue weighted by Gasteiger charge is 2.28. The molecule has 0 saturated carbocycles. The van der Waals surface area contributed by atoms with Crippen molar-refractivity contribution in [1.29, 1.82) is 0 Å². The first kappa shape index (κ1) is 13.2. The van der Waals surface area contributed by atoms with Crippen molar-refractivity contribution in [3.05, 3.63) is 53.6 Å². The maximum atomic E-state index is 9.61. The van der Waals surface area contributed by atoms with Crippen LogP contribution in [0.4, 0.5) is 0 Å². The normalized spacial score (nSPS) is 21.1. The van der Waals surface area contributed by atoms with E-state index < -0.39 is 0 Å². The molecule has 20 heavy (non-hydrogen) atoms. The van der Waals surface area contributed by atoms with E-state index in [2.05, 4.69) is 12.6 Å². The van der Waals surface area contributed by atoms with Gasteiger partial charge in [0.2, 0.25) is 0 Å². The van der Waals surface area contributed by atoms with E-state index in [-0.39, 0.29) is 23.5 Å². The van der Waals surface area contributed by atoms with Gasteiger partial charge in [0.15, 0.2) is 0 Å². The molecule has 0 spiro atoms. The maximum Gasteiger partial charge on any atom is 0.124 e. The van der Waals surface area contributed by atoms with Crippen LogP contribution in [0, 0.1) is 0 Å². The van der Waals surface area contributed by atoms with E-state index in [0.29, 0.717) is 5.75 Å². The molecule has 3 nitrogen and oxygen atoms in total. The van der Waals surface area contributed by atoms with Gasteiger partial charge < -0.3 is 14.9 Å². The SMILES string of the molecule is Oc1ccc([C@H]2C[C@@H](CS)c3cc(O)ccc3O2)cc1. The van der Waals surface area contributed by atoms with E-state index in [9.17, 15) is 10.2 Å². The first-order valence-electron chi connectivity index (χ1n) is 6.56. The van der Waals surface area contributed by atoms with Crippen LogP contribution in [0.3, 0.4) is 0 Å². The zero-order valence-corrected chi connectivity index (χ0v) is 11.8. The molecule has 2 N–H and O–H groups in total. The number of benzene rings is 2. The molecule has 0 radical (unpaired) electrons. The standard InChI is InChI=1S/C16H16O3S/c17-12-3-1-10(2-4-12)16-7-11(9-20)14-8-13(18)5-6-15(14)19-16/h1-6,8,11,16-18,20H,7,9H2/t11-,16+/m0/s1. The van der Waals surface area contributed by atoms with Gasteiger partial charge in [-0.1, -0.05) is 12.1 Å². The van der Waals surface area contributed by atoms with Crippen molar-refractivity contribution in [2.24, 2.45) is 0 Å². The van der Waals surface area contributed by atoms with E-state index in [1.165, 1.54) is 0 Å². The molecule has 2 atom stereocenters. The number of ether oxygens (including phenoxy) is 1. The molecular weight excluding hydrogens is 272 g/mol. The quantitative estimate of drug-likeness (QED) is 0.740. The summed E-state index contributed by atoms with van der Waals surface area (Å²) in [6, 6.07) is 12.3. The Balaban J connectivity index is 1.94. The summed E-state index contributed by atoms with van der Waals surface area (Å²) in [6.07, 6.45) is 0.759. The van der Waals surface area contributed by atoms with Crippen molar-refractivity contribution in [3.63, 3.8) is 0 Å². The van der Waals surface area contributed by atoms with Gasteiger partial charge in [0.1, 0.15) is 23.4 Å². The van der Waals surface area contributed by atoms with Crippen molar-refractivity contribution in [2.75, 3.05) is 5.75 Å². The lowest BCUT2D eigenvalue weighted by Crippen LogP contribution is -2.20. The average molecular weight is 288 g/mol. The number of fused-ring (bicyclic) bond motifs is 1. The lowest BCUT2D eigenvalue weighted by Gasteiger charge is -2.32. The molecule has 1 aliphatic rings. The van der Waals surface area contributed by atoms with Crippen LogP contribution in [-0.4, -0.2) is 16.0 Å². The average Bonchev–Trinajstić information content (AvgIpc) is 2.47. The third kappa shape index (κ3) is 2.43. The Morgan fingerprint density at radius 3 is 2.45 bits per heavy atom. The highest BCUT2D eigenvalue weighted by Crippen LogP contribution is 2.43. The molecule has 1 heterocycles. The van der Waals surface area contributed by atoms with Gasteiger partial charge in [-0.05, 0) is 48.1 Å². The second kappa shape index (κ2) is 5.29. The fraction of sp³-hybridized carbons (Fsp3) is 0.250. The number of hydrogen-bond acceptors (Lipinski definition) is 4. The maximum absolute atomic E-state index is 9.61. The minimum absolute atomic E-state index is 0.0511. The molecule has 0 aromatic heterocycles. The van der Waals surface area contributed by atoms with E-state index in [1.54, 1.807) is 30.3 Å². The van der Waals surface area contributed by atoms with Crippen LogP contribution in [0.25, 0.3) is 0 Å². The number of hydrogen-bond donors (Lipinski definition) is 3. The fourth-order valence-corrected chi connectivity index (χ4v) is 2.96. The third-order valence-electron chi connectivity index (χ3n) is 3.69. The van der Waals surface area contributed by atoms with Crippen molar-refractivity contribution in [1.82, 2.24) is 0 Å². The summed E-state index contributed by atoms with van der Waals surface area (Å²) in [7, 11) is 0. The molecule has 0 amide bonds. The zero-order chi connectivity index (χ0) is 14.1. The zero-order valence-electron chi connectivity index (χ0n) is 10.9. The molecule has 104 valence electrons. The fourth-order valence-electron chi connectivity index (χ4n) is 2.61. The van der Waals surface area contributed by atoms with Crippen LogP contribution < -0.4 is 4.74 Å². The lowest BCUT2D eigenvalue weighted by atomic mass is 9.88. The third-order valence-corrected chi connectivity index (χ3v) is 4.13. The van der Waals surface area contributed by atoms with E-state index in [0.717, 1.165) is 23.3 Å². The molecule has 2 aromatic rings. The Kier molecular flexibility index (Phi) is 3.49. The van der Waals surface area contributed by atoms with E-state index in [1.807, 2.05) is 12.1 Å². The van der Waals surface area contributed by atoms with Gasteiger partial charge in [0.05, 0.1) is 0 Å². The smallest absolute Gasteiger partial charge is 0.124 e. The number of phenols is 2. The Morgan fingerprint density at radius 1 is 1.05 bits per heavy atom.